The van der Waals surface area contributed by atoms with E-state index in [1.807, 2.05) is 6.07 Å². The Morgan fingerprint density at radius 1 is 0.970 bits per heavy atom. The van der Waals surface area contributed by atoms with Gasteiger partial charge in [0.05, 0.1) is 0 Å². The Morgan fingerprint density at radius 2 is 1.70 bits per heavy atom. The van der Waals surface area contributed by atoms with Crippen LogP contribution in [-0.4, -0.2) is 59.1 Å². The Kier molecular flexibility index (Phi) is 7.16. The summed E-state index contributed by atoms with van der Waals surface area (Å²) in [4.78, 5) is 32.6. The lowest BCUT2D eigenvalue weighted by molar-refractivity contribution is 0.172. The number of pyridine rings is 1. The van der Waals surface area contributed by atoms with E-state index in [0.717, 1.165) is 17.7 Å². The minimum Gasteiger partial charge on any atom is -0.335 e. The van der Waals surface area contributed by atoms with E-state index in [2.05, 4.69) is 15.6 Å². The van der Waals surface area contributed by atoms with Gasteiger partial charge in [0, 0.05) is 44.0 Å². The lowest BCUT2D eigenvalue weighted by Gasteiger charge is -2.35. The molecule has 2 aliphatic heterocycles. The molecule has 1 aromatic heterocycles. The second kappa shape index (κ2) is 10.4. The van der Waals surface area contributed by atoms with Gasteiger partial charge in [0.2, 0.25) is 0 Å². The van der Waals surface area contributed by atoms with Crippen LogP contribution < -0.4 is 10.6 Å². The SMILES string of the molecule is O=C(Nc1ccccn1)N1CCC(NC(=O)N2CCC(=Cc3cc(F)ccc3F)CC2)CC1. The number of carbonyl (C=O) groups excluding carboxylic acids is 2. The molecule has 2 N–H and O–H groups in total. The van der Waals surface area contributed by atoms with Crippen LogP contribution in [0.1, 0.15) is 31.2 Å². The quantitative estimate of drug-likeness (QED) is 0.727. The Bertz CT molecular complexity index is 1010. The minimum atomic E-state index is -0.472. The Balaban J connectivity index is 1.21. The topological polar surface area (TPSA) is 77.6 Å². The van der Waals surface area contributed by atoms with Gasteiger partial charge in [-0.1, -0.05) is 17.7 Å². The van der Waals surface area contributed by atoms with Gasteiger partial charge in [-0.2, -0.15) is 0 Å². The van der Waals surface area contributed by atoms with E-state index in [9.17, 15) is 18.4 Å². The van der Waals surface area contributed by atoms with Gasteiger partial charge in [0.15, 0.2) is 0 Å². The molecule has 2 aromatic rings. The molecule has 2 aliphatic rings. The first-order chi connectivity index (χ1) is 16.0. The number of hydrogen-bond donors (Lipinski definition) is 2. The summed E-state index contributed by atoms with van der Waals surface area (Å²) in [5.41, 5.74) is 1.23. The van der Waals surface area contributed by atoms with Gasteiger partial charge in [-0.25, -0.2) is 23.4 Å². The highest BCUT2D eigenvalue weighted by atomic mass is 19.1. The number of urea groups is 2. The fourth-order valence-electron chi connectivity index (χ4n) is 4.10. The standard InChI is InChI=1S/C24H27F2N5O2/c25-19-4-5-21(26)18(16-19)15-17-6-11-30(12-7-17)23(32)28-20-8-13-31(14-9-20)24(33)29-22-3-1-2-10-27-22/h1-5,10,15-16,20H,6-9,11-14H2,(H,28,32)(H,27,29,33). The molecule has 0 saturated carbocycles. The van der Waals surface area contributed by atoms with Crippen LogP contribution in [0.3, 0.4) is 0 Å². The number of nitrogens with zero attached hydrogens (tertiary/aromatic N) is 3. The summed E-state index contributed by atoms with van der Waals surface area (Å²) in [6, 6.07) is 8.43. The summed E-state index contributed by atoms with van der Waals surface area (Å²) in [5.74, 6) is -0.416. The van der Waals surface area contributed by atoms with Crippen LogP contribution in [0.25, 0.3) is 6.08 Å². The summed E-state index contributed by atoms with van der Waals surface area (Å²) in [7, 11) is 0. The maximum absolute atomic E-state index is 13.9. The lowest BCUT2D eigenvalue weighted by Crippen LogP contribution is -2.51. The fraction of sp³-hybridized carbons (Fsp3) is 0.375. The van der Waals surface area contributed by atoms with Crippen molar-refractivity contribution in [2.45, 2.75) is 31.7 Å². The molecule has 0 radical (unpaired) electrons. The third-order valence-electron chi connectivity index (χ3n) is 6.02. The molecule has 3 heterocycles. The molecule has 0 spiro atoms. The molecule has 2 saturated heterocycles. The van der Waals surface area contributed by atoms with Crippen molar-refractivity contribution in [2.75, 3.05) is 31.5 Å². The largest absolute Gasteiger partial charge is 0.335 e. The molecule has 1 aromatic carbocycles. The number of anilines is 1. The second-order valence-corrected chi connectivity index (χ2v) is 8.31. The number of benzene rings is 1. The van der Waals surface area contributed by atoms with Crippen LogP contribution in [0.2, 0.25) is 0 Å². The highest BCUT2D eigenvalue weighted by molar-refractivity contribution is 5.88. The Labute approximate surface area is 191 Å². The number of carbonyl (C=O) groups is 2. The predicted octanol–water partition coefficient (Wildman–Crippen LogP) is 4.25. The average molecular weight is 456 g/mol. The number of piperidine rings is 2. The van der Waals surface area contributed by atoms with Crippen molar-refractivity contribution in [3.8, 4) is 0 Å². The zero-order chi connectivity index (χ0) is 23.2. The summed E-state index contributed by atoms with van der Waals surface area (Å²) in [6.45, 7) is 2.16. The van der Waals surface area contributed by atoms with Gasteiger partial charge in [0.1, 0.15) is 17.5 Å². The van der Waals surface area contributed by atoms with Crippen molar-refractivity contribution in [3.63, 3.8) is 0 Å². The number of aromatic nitrogens is 1. The van der Waals surface area contributed by atoms with Gasteiger partial charge in [0.25, 0.3) is 0 Å². The molecular weight excluding hydrogens is 428 g/mol. The molecule has 2 fully saturated rings. The van der Waals surface area contributed by atoms with Crippen LogP contribution in [-0.2, 0) is 0 Å². The molecule has 0 aliphatic carbocycles. The minimum absolute atomic E-state index is 0.00901. The van der Waals surface area contributed by atoms with Gasteiger partial charge in [-0.3, -0.25) is 5.32 Å². The zero-order valence-electron chi connectivity index (χ0n) is 18.3. The molecule has 9 heteroatoms. The smallest absolute Gasteiger partial charge is 0.323 e. The Morgan fingerprint density at radius 3 is 2.39 bits per heavy atom. The maximum atomic E-state index is 13.9. The number of rotatable bonds is 3. The summed E-state index contributed by atoms with van der Waals surface area (Å²) in [6.07, 6.45) is 5.90. The summed E-state index contributed by atoms with van der Waals surface area (Å²) >= 11 is 0. The lowest BCUT2D eigenvalue weighted by atomic mass is 10.0. The van der Waals surface area contributed by atoms with Crippen LogP contribution in [0.15, 0.2) is 48.2 Å². The Hall–Kier alpha value is -3.49. The van der Waals surface area contributed by atoms with Gasteiger partial charge >= 0.3 is 12.1 Å². The first kappa shape index (κ1) is 22.7. The van der Waals surface area contributed by atoms with Gasteiger partial charge in [-0.15, -0.1) is 0 Å². The second-order valence-electron chi connectivity index (χ2n) is 8.31. The summed E-state index contributed by atoms with van der Waals surface area (Å²) in [5, 5.41) is 5.84. The van der Waals surface area contributed by atoms with Crippen molar-refractivity contribution < 1.29 is 18.4 Å². The molecule has 0 atom stereocenters. The molecule has 0 bridgehead atoms. The number of halogens is 2. The van der Waals surface area contributed by atoms with E-state index in [-0.39, 0.29) is 23.7 Å². The van der Waals surface area contributed by atoms with Crippen molar-refractivity contribution in [3.05, 3.63) is 65.4 Å². The van der Waals surface area contributed by atoms with E-state index in [1.54, 1.807) is 34.2 Å². The molecule has 174 valence electrons. The molecule has 0 unspecified atom stereocenters. The van der Waals surface area contributed by atoms with Gasteiger partial charge < -0.3 is 15.1 Å². The van der Waals surface area contributed by atoms with E-state index < -0.39 is 11.6 Å². The summed E-state index contributed by atoms with van der Waals surface area (Å²) < 4.78 is 27.2. The number of amides is 4. The molecule has 4 amide bonds. The first-order valence-corrected chi connectivity index (χ1v) is 11.1. The number of hydrogen-bond acceptors (Lipinski definition) is 3. The predicted molar refractivity (Wildman–Crippen MR) is 122 cm³/mol. The van der Waals surface area contributed by atoms with Crippen molar-refractivity contribution in [1.82, 2.24) is 20.1 Å². The zero-order valence-corrected chi connectivity index (χ0v) is 18.3. The van der Waals surface area contributed by atoms with Crippen LogP contribution in [0.5, 0.6) is 0 Å². The van der Waals surface area contributed by atoms with Gasteiger partial charge in [-0.05, 0) is 56.0 Å². The highest BCUT2D eigenvalue weighted by Crippen LogP contribution is 2.22. The third-order valence-corrected chi connectivity index (χ3v) is 6.02. The normalized spacial score (nSPS) is 17.0. The molecule has 33 heavy (non-hydrogen) atoms. The molecule has 7 nitrogen and oxygen atoms in total. The maximum Gasteiger partial charge on any atom is 0.323 e. The van der Waals surface area contributed by atoms with E-state index in [4.69, 9.17) is 0 Å². The molecular formula is C24H27F2N5O2. The van der Waals surface area contributed by atoms with Crippen LogP contribution >= 0.6 is 0 Å². The molecule has 4 rings (SSSR count). The van der Waals surface area contributed by atoms with E-state index >= 15 is 0 Å². The van der Waals surface area contributed by atoms with E-state index in [0.29, 0.717) is 57.7 Å². The van der Waals surface area contributed by atoms with Crippen molar-refractivity contribution >= 4 is 24.0 Å². The van der Waals surface area contributed by atoms with E-state index in [1.165, 1.54) is 6.07 Å². The van der Waals surface area contributed by atoms with Crippen LogP contribution in [0, 0.1) is 11.6 Å². The average Bonchev–Trinajstić information content (AvgIpc) is 2.83. The highest BCUT2D eigenvalue weighted by Gasteiger charge is 2.26. The first-order valence-electron chi connectivity index (χ1n) is 11.1. The number of likely N-dealkylation sites (tertiary alicyclic amines) is 2. The van der Waals surface area contributed by atoms with Crippen LogP contribution in [0.4, 0.5) is 24.2 Å². The fourth-order valence-corrected chi connectivity index (χ4v) is 4.10. The van der Waals surface area contributed by atoms with Crippen molar-refractivity contribution in [2.24, 2.45) is 0 Å². The monoisotopic (exact) mass is 455 g/mol. The van der Waals surface area contributed by atoms with Crippen molar-refractivity contribution in [1.29, 1.82) is 0 Å². The third kappa shape index (κ3) is 6.06. The number of nitrogens with one attached hydrogen (secondary N) is 2.